The van der Waals surface area contributed by atoms with Crippen LogP contribution >= 0.6 is 0 Å². The van der Waals surface area contributed by atoms with Crippen molar-refractivity contribution >= 4 is 5.82 Å². The van der Waals surface area contributed by atoms with E-state index in [9.17, 15) is 0 Å². The molecule has 146 valence electrons. The molecule has 0 bridgehead atoms. The number of anilines is 1. The SMILES string of the molecule is COc1ccc(-c2noc(-c3ccc(NCc4cccc(OC)c4)nn3)n2)cc1. The fraction of sp³-hybridized carbons (Fsp3) is 0.143. The Morgan fingerprint density at radius 1 is 0.897 bits per heavy atom. The molecular weight excluding hydrogens is 370 g/mol. The van der Waals surface area contributed by atoms with Crippen LogP contribution in [0.5, 0.6) is 11.5 Å². The monoisotopic (exact) mass is 389 g/mol. The molecule has 0 amide bonds. The van der Waals surface area contributed by atoms with Crippen molar-refractivity contribution in [3.63, 3.8) is 0 Å². The molecule has 0 aliphatic heterocycles. The van der Waals surface area contributed by atoms with Gasteiger partial charge in [-0.1, -0.05) is 17.3 Å². The van der Waals surface area contributed by atoms with Gasteiger partial charge >= 0.3 is 0 Å². The minimum Gasteiger partial charge on any atom is -0.497 e. The van der Waals surface area contributed by atoms with Gasteiger partial charge in [0.05, 0.1) is 14.2 Å². The fourth-order valence-corrected chi connectivity index (χ4v) is 2.70. The van der Waals surface area contributed by atoms with Crippen molar-refractivity contribution in [1.82, 2.24) is 20.3 Å². The topological polar surface area (TPSA) is 95.2 Å². The predicted octanol–water partition coefficient (Wildman–Crippen LogP) is 3.82. The Kier molecular flexibility index (Phi) is 5.33. The minimum atomic E-state index is 0.308. The van der Waals surface area contributed by atoms with Gasteiger partial charge in [-0.3, -0.25) is 0 Å². The molecule has 1 N–H and O–H groups in total. The molecule has 0 unspecified atom stereocenters. The average molecular weight is 389 g/mol. The van der Waals surface area contributed by atoms with Gasteiger partial charge in [-0.05, 0) is 54.1 Å². The van der Waals surface area contributed by atoms with Gasteiger partial charge in [0, 0.05) is 12.1 Å². The highest BCUT2D eigenvalue weighted by Gasteiger charge is 2.12. The second-order valence-electron chi connectivity index (χ2n) is 6.16. The highest BCUT2D eigenvalue weighted by atomic mass is 16.5. The zero-order valence-corrected chi connectivity index (χ0v) is 16.0. The molecule has 0 radical (unpaired) electrons. The van der Waals surface area contributed by atoms with Crippen molar-refractivity contribution in [3.8, 4) is 34.5 Å². The van der Waals surface area contributed by atoms with E-state index < -0.39 is 0 Å². The van der Waals surface area contributed by atoms with Crippen molar-refractivity contribution in [1.29, 1.82) is 0 Å². The lowest BCUT2D eigenvalue weighted by molar-refractivity contribution is 0.414. The highest BCUT2D eigenvalue weighted by Crippen LogP contribution is 2.23. The van der Waals surface area contributed by atoms with Crippen LogP contribution in [0.25, 0.3) is 23.0 Å². The molecule has 0 spiro atoms. The Morgan fingerprint density at radius 3 is 2.45 bits per heavy atom. The van der Waals surface area contributed by atoms with Crippen molar-refractivity contribution in [2.24, 2.45) is 0 Å². The van der Waals surface area contributed by atoms with E-state index in [-0.39, 0.29) is 0 Å². The maximum Gasteiger partial charge on any atom is 0.278 e. The van der Waals surface area contributed by atoms with E-state index in [1.165, 1.54) is 0 Å². The van der Waals surface area contributed by atoms with Crippen molar-refractivity contribution in [3.05, 3.63) is 66.2 Å². The Bertz CT molecular complexity index is 1080. The summed E-state index contributed by atoms with van der Waals surface area (Å²) in [7, 11) is 3.27. The smallest absolute Gasteiger partial charge is 0.278 e. The van der Waals surface area contributed by atoms with Crippen LogP contribution < -0.4 is 14.8 Å². The van der Waals surface area contributed by atoms with Crippen LogP contribution in [-0.2, 0) is 6.54 Å². The quantitative estimate of drug-likeness (QED) is 0.510. The van der Waals surface area contributed by atoms with E-state index in [2.05, 4.69) is 25.7 Å². The Hall–Kier alpha value is -3.94. The van der Waals surface area contributed by atoms with E-state index >= 15 is 0 Å². The zero-order chi connectivity index (χ0) is 20.1. The zero-order valence-electron chi connectivity index (χ0n) is 16.0. The molecule has 0 fully saturated rings. The predicted molar refractivity (Wildman–Crippen MR) is 108 cm³/mol. The van der Waals surface area contributed by atoms with Gasteiger partial charge in [0.1, 0.15) is 17.3 Å². The molecule has 4 aromatic rings. The number of methoxy groups -OCH3 is 2. The largest absolute Gasteiger partial charge is 0.497 e. The molecule has 8 nitrogen and oxygen atoms in total. The molecule has 0 aliphatic carbocycles. The summed E-state index contributed by atoms with van der Waals surface area (Å²) in [5.74, 6) is 3.01. The molecule has 0 saturated carbocycles. The van der Waals surface area contributed by atoms with E-state index in [0.29, 0.717) is 29.8 Å². The maximum absolute atomic E-state index is 5.33. The number of ether oxygens (including phenoxy) is 2. The normalized spacial score (nSPS) is 10.6. The standard InChI is InChI=1S/C21H19N5O3/c1-27-16-8-6-15(7-9-16)20-23-21(29-26-20)18-10-11-19(25-24-18)22-13-14-4-3-5-17(12-14)28-2/h3-12H,13H2,1-2H3,(H,22,25). The lowest BCUT2D eigenvalue weighted by Gasteiger charge is -2.06. The van der Waals surface area contributed by atoms with E-state index in [1.807, 2.05) is 54.6 Å². The molecule has 2 aromatic heterocycles. The van der Waals surface area contributed by atoms with Gasteiger partial charge in [0.2, 0.25) is 5.82 Å². The first-order valence-electron chi connectivity index (χ1n) is 8.94. The second-order valence-corrected chi connectivity index (χ2v) is 6.16. The minimum absolute atomic E-state index is 0.308. The molecule has 8 heteroatoms. The third-order valence-corrected chi connectivity index (χ3v) is 4.27. The van der Waals surface area contributed by atoms with Crippen molar-refractivity contribution in [2.45, 2.75) is 6.54 Å². The second kappa shape index (κ2) is 8.39. The van der Waals surface area contributed by atoms with Gasteiger partial charge in [-0.15, -0.1) is 10.2 Å². The summed E-state index contributed by atoms with van der Waals surface area (Å²) in [6, 6.07) is 18.8. The third kappa shape index (κ3) is 4.32. The van der Waals surface area contributed by atoms with Gasteiger partial charge in [0.15, 0.2) is 5.69 Å². The number of rotatable bonds is 7. The van der Waals surface area contributed by atoms with Gasteiger partial charge < -0.3 is 19.3 Å². The fourth-order valence-electron chi connectivity index (χ4n) is 2.70. The van der Waals surface area contributed by atoms with E-state index in [0.717, 1.165) is 22.6 Å². The molecule has 0 aliphatic rings. The summed E-state index contributed by atoms with van der Waals surface area (Å²) in [6.07, 6.45) is 0. The van der Waals surface area contributed by atoms with Crippen LogP contribution in [0.4, 0.5) is 5.82 Å². The summed E-state index contributed by atoms with van der Waals surface area (Å²) in [6.45, 7) is 0.605. The first-order valence-corrected chi connectivity index (χ1v) is 8.94. The molecule has 0 saturated heterocycles. The highest BCUT2D eigenvalue weighted by molar-refractivity contribution is 5.59. The molecular formula is C21H19N5O3. The van der Waals surface area contributed by atoms with Crippen molar-refractivity contribution in [2.75, 3.05) is 19.5 Å². The number of aromatic nitrogens is 4. The molecule has 2 aromatic carbocycles. The van der Waals surface area contributed by atoms with Crippen LogP contribution in [0, 0.1) is 0 Å². The van der Waals surface area contributed by atoms with Crippen LogP contribution in [0.15, 0.2) is 65.2 Å². The number of hydrogen-bond donors (Lipinski definition) is 1. The molecule has 29 heavy (non-hydrogen) atoms. The first kappa shape index (κ1) is 18.4. The van der Waals surface area contributed by atoms with E-state index in [4.69, 9.17) is 14.0 Å². The van der Waals surface area contributed by atoms with E-state index in [1.54, 1.807) is 20.3 Å². The van der Waals surface area contributed by atoms with Crippen LogP contribution in [-0.4, -0.2) is 34.6 Å². The first-order chi connectivity index (χ1) is 14.2. The average Bonchev–Trinajstić information content (AvgIpc) is 3.28. The maximum atomic E-state index is 5.33. The van der Waals surface area contributed by atoms with Crippen LogP contribution in [0.2, 0.25) is 0 Å². The molecule has 2 heterocycles. The summed E-state index contributed by atoms with van der Waals surface area (Å²) in [5.41, 5.74) is 2.41. The third-order valence-electron chi connectivity index (χ3n) is 4.27. The number of hydrogen-bond acceptors (Lipinski definition) is 8. The Morgan fingerprint density at radius 2 is 1.72 bits per heavy atom. The summed E-state index contributed by atoms with van der Waals surface area (Å²) in [4.78, 5) is 4.39. The summed E-state index contributed by atoms with van der Waals surface area (Å²) < 4.78 is 15.7. The Labute approximate surface area is 167 Å². The van der Waals surface area contributed by atoms with Gasteiger partial charge in [-0.25, -0.2) is 0 Å². The molecule has 0 atom stereocenters. The van der Waals surface area contributed by atoms with Gasteiger partial charge in [-0.2, -0.15) is 4.98 Å². The van der Waals surface area contributed by atoms with Crippen LogP contribution in [0.1, 0.15) is 5.56 Å². The van der Waals surface area contributed by atoms with Crippen LogP contribution in [0.3, 0.4) is 0 Å². The van der Waals surface area contributed by atoms with Crippen molar-refractivity contribution < 1.29 is 14.0 Å². The number of nitrogens with one attached hydrogen (secondary N) is 1. The number of nitrogens with zero attached hydrogens (tertiary/aromatic N) is 4. The Balaban J connectivity index is 1.43. The van der Waals surface area contributed by atoms with Gasteiger partial charge in [0.25, 0.3) is 5.89 Å². The summed E-state index contributed by atoms with van der Waals surface area (Å²) >= 11 is 0. The lowest BCUT2D eigenvalue weighted by Crippen LogP contribution is -2.02. The lowest BCUT2D eigenvalue weighted by atomic mass is 10.2. The molecule has 4 rings (SSSR count). The number of benzene rings is 2. The summed E-state index contributed by atoms with van der Waals surface area (Å²) in [5, 5.41) is 15.6.